The van der Waals surface area contributed by atoms with Gasteiger partial charge in [-0.1, -0.05) is 122 Å². The molecule has 0 fully saturated rings. The Morgan fingerprint density at radius 1 is 0.583 bits per heavy atom. The lowest BCUT2D eigenvalue weighted by molar-refractivity contribution is -0.148. The molecule has 4 nitrogen and oxygen atoms in total. The predicted molar refractivity (Wildman–Crippen MR) is 153 cm³/mol. The van der Waals surface area contributed by atoms with Crippen LogP contribution in [0.1, 0.15) is 148 Å². The Morgan fingerprint density at radius 3 is 1.61 bits per heavy atom. The van der Waals surface area contributed by atoms with E-state index in [1.54, 1.807) is 6.07 Å². The molecule has 0 bridgehead atoms. The number of benzene rings is 1. The highest BCUT2D eigenvalue weighted by molar-refractivity contribution is 5.44. The zero-order valence-corrected chi connectivity index (χ0v) is 23.8. The Balaban J connectivity index is 2.17. The van der Waals surface area contributed by atoms with Crippen molar-refractivity contribution in [2.45, 2.75) is 155 Å². The SMILES string of the molecule is CCCCCCCCCOC(CCCCCCCc1cccc(O)c1O)OCCCCCCCCC. The summed E-state index contributed by atoms with van der Waals surface area (Å²) < 4.78 is 12.3. The number of aryl methyl sites for hydroxylation is 1. The predicted octanol–water partition coefficient (Wildman–Crippen LogP) is 9.84. The van der Waals surface area contributed by atoms with Crippen LogP contribution in [0.5, 0.6) is 11.5 Å². The minimum atomic E-state index is -0.0468. The minimum absolute atomic E-state index is 0.0217. The number of hydrogen-bond acceptors (Lipinski definition) is 4. The molecule has 1 aromatic rings. The van der Waals surface area contributed by atoms with Crippen molar-refractivity contribution in [1.29, 1.82) is 0 Å². The molecule has 0 saturated carbocycles. The van der Waals surface area contributed by atoms with Gasteiger partial charge in [-0.3, -0.25) is 0 Å². The smallest absolute Gasteiger partial charge is 0.160 e. The van der Waals surface area contributed by atoms with Crippen LogP contribution in [0.15, 0.2) is 18.2 Å². The van der Waals surface area contributed by atoms with Crippen molar-refractivity contribution < 1.29 is 19.7 Å². The largest absolute Gasteiger partial charge is 0.504 e. The normalized spacial score (nSPS) is 11.5. The summed E-state index contributed by atoms with van der Waals surface area (Å²) >= 11 is 0. The summed E-state index contributed by atoms with van der Waals surface area (Å²) in [6.45, 7) is 6.18. The third-order valence-corrected chi connectivity index (χ3v) is 7.09. The fraction of sp³-hybridized carbons (Fsp3) is 0.812. The van der Waals surface area contributed by atoms with E-state index in [0.717, 1.165) is 63.7 Å². The zero-order chi connectivity index (χ0) is 26.1. The Kier molecular flexibility index (Phi) is 21.9. The summed E-state index contributed by atoms with van der Waals surface area (Å²) in [5, 5.41) is 19.5. The van der Waals surface area contributed by atoms with Gasteiger partial charge in [0.1, 0.15) is 0 Å². The van der Waals surface area contributed by atoms with Gasteiger partial charge in [0, 0.05) is 13.2 Å². The van der Waals surface area contributed by atoms with Gasteiger partial charge in [0.2, 0.25) is 0 Å². The standard InChI is InChI=1S/C32H58O4/c1-3-5-7-9-11-16-20-27-35-31(36-28-21-17-12-10-8-6-4-2)26-19-15-13-14-18-23-29-24-22-25-30(33)32(29)34/h22,24-25,31,33-34H,3-21,23,26-28H2,1-2H3. The summed E-state index contributed by atoms with van der Waals surface area (Å²) in [6, 6.07) is 5.22. The molecule has 0 atom stereocenters. The van der Waals surface area contributed by atoms with E-state index in [1.807, 2.05) is 6.07 Å². The van der Waals surface area contributed by atoms with E-state index in [1.165, 1.54) is 96.0 Å². The summed E-state index contributed by atoms with van der Waals surface area (Å²) in [7, 11) is 0. The van der Waals surface area contributed by atoms with Crippen molar-refractivity contribution in [3.63, 3.8) is 0 Å². The molecule has 0 aliphatic carbocycles. The number of unbranched alkanes of at least 4 members (excludes halogenated alkanes) is 16. The molecule has 1 rings (SSSR count). The van der Waals surface area contributed by atoms with Crippen LogP contribution in [0.4, 0.5) is 0 Å². The monoisotopic (exact) mass is 506 g/mol. The number of phenolic OH excluding ortho intramolecular Hbond substituents is 2. The van der Waals surface area contributed by atoms with Gasteiger partial charge >= 0.3 is 0 Å². The molecule has 36 heavy (non-hydrogen) atoms. The molecular formula is C32H58O4. The molecule has 0 amide bonds. The summed E-state index contributed by atoms with van der Waals surface area (Å²) in [6.07, 6.45) is 25.7. The molecule has 1 aromatic carbocycles. The van der Waals surface area contributed by atoms with Crippen LogP contribution in [0.2, 0.25) is 0 Å². The average molecular weight is 507 g/mol. The highest BCUT2D eigenvalue weighted by Gasteiger charge is 2.10. The first kappa shape index (κ1) is 32.8. The van der Waals surface area contributed by atoms with Crippen LogP contribution in [0.3, 0.4) is 0 Å². The number of phenols is 2. The van der Waals surface area contributed by atoms with Crippen LogP contribution in [-0.4, -0.2) is 29.7 Å². The molecule has 0 unspecified atom stereocenters. The van der Waals surface area contributed by atoms with Gasteiger partial charge in [0.25, 0.3) is 0 Å². The van der Waals surface area contributed by atoms with Crippen molar-refractivity contribution in [1.82, 2.24) is 0 Å². The Morgan fingerprint density at radius 2 is 1.06 bits per heavy atom. The highest BCUT2D eigenvalue weighted by atomic mass is 16.7. The summed E-state index contributed by atoms with van der Waals surface area (Å²) in [4.78, 5) is 0. The molecule has 0 aliphatic heterocycles. The first-order valence-electron chi connectivity index (χ1n) is 15.4. The van der Waals surface area contributed by atoms with Gasteiger partial charge < -0.3 is 19.7 Å². The third-order valence-electron chi connectivity index (χ3n) is 7.09. The van der Waals surface area contributed by atoms with Crippen LogP contribution in [0.25, 0.3) is 0 Å². The van der Waals surface area contributed by atoms with Crippen LogP contribution >= 0.6 is 0 Å². The second-order valence-electron chi connectivity index (χ2n) is 10.5. The van der Waals surface area contributed by atoms with E-state index in [0.29, 0.717) is 0 Å². The lowest BCUT2D eigenvalue weighted by Gasteiger charge is -2.19. The van der Waals surface area contributed by atoms with Crippen molar-refractivity contribution in [2.24, 2.45) is 0 Å². The minimum Gasteiger partial charge on any atom is -0.504 e. The van der Waals surface area contributed by atoms with Crippen molar-refractivity contribution in [3.8, 4) is 11.5 Å². The number of ether oxygens (including phenoxy) is 2. The van der Waals surface area contributed by atoms with E-state index in [2.05, 4.69) is 13.8 Å². The fourth-order valence-corrected chi connectivity index (χ4v) is 4.70. The average Bonchev–Trinajstić information content (AvgIpc) is 2.88. The fourth-order valence-electron chi connectivity index (χ4n) is 4.70. The van der Waals surface area contributed by atoms with Crippen molar-refractivity contribution in [2.75, 3.05) is 13.2 Å². The Labute approximate surface area is 223 Å². The topological polar surface area (TPSA) is 58.9 Å². The first-order chi connectivity index (χ1) is 17.7. The number of aromatic hydroxyl groups is 2. The summed E-state index contributed by atoms with van der Waals surface area (Å²) in [5.41, 5.74) is 0.840. The number of rotatable bonds is 26. The molecule has 4 heteroatoms. The molecule has 0 spiro atoms. The number of para-hydroxylation sites is 1. The molecule has 0 radical (unpaired) electrons. The maximum Gasteiger partial charge on any atom is 0.160 e. The van der Waals surface area contributed by atoms with E-state index in [-0.39, 0.29) is 17.8 Å². The molecule has 0 aliphatic rings. The molecule has 210 valence electrons. The van der Waals surface area contributed by atoms with Gasteiger partial charge in [-0.05, 0) is 50.2 Å². The highest BCUT2D eigenvalue weighted by Crippen LogP contribution is 2.29. The quantitative estimate of drug-likeness (QED) is 0.0745. The van der Waals surface area contributed by atoms with E-state index in [9.17, 15) is 10.2 Å². The van der Waals surface area contributed by atoms with Gasteiger partial charge in [0.05, 0.1) is 0 Å². The Bertz CT molecular complexity index is 584. The van der Waals surface area contributed by atoms with Gasteiger partial charge in [-0.2, -0.15) is 0 Å². The van der Waals surface area contributed by atoms with Gasteiger partial charge in [-0.25, -0.2) is 0 Å². The molecular weight excluding hydrogens is 448 g/mol. The lowest BCUT2D eigenvalue weighted by atomic mass is 10.0. The second kappa shape index (κ2) is 24.1. The van der Waals surface area contributed by atoms with Crippen LogP contribution in [-0.2, 0) is 15.9 Å². The first-order valence-corrected chi connectivity index (χ1v) is 15.4. The van der Waals surface area contributed by atoms with Crippen LogP contribution in [0, 0.1) is 0 Å². The van der Waals surface area contributed by atoms with Gasteiger partial charge in [-0.15, -0.1) is 0 Å². The molecule has 0 saturated heterocycles. The van der Waals surface area contributed by atoms with Crippen molar-refractivity contribution in [3.05, 3.63) is 23.8 Å². The summed E-state index contributed by atoms with van der Waals surface area (Å²) in [5.74, 6) is 0.0167. The maximum atomic E-state index is 9.93. The lowest BCUT2D eigenvalue weighted by Crippen LogP contribution is -2.19. The van der Waals surface area contributed by atoms with Crippen LogP contribution < -0.4 is 0 Å². The third kappa shape index (κ3) is 18.1. The van der Waals surface area contributed by atoms with E-state index in [4.69, 9.17) is 9.47 Å². The van der Waals surface area contributed by atoms with E-state index >= 15 is 0 Å². The maximum absolute atomic E-state index is 9.93. The zero-order valence-electron chi connectivity index (χ0n) is 23.8. The van der Waals surface area contributed by atoms with E-state index < -0.39 is 0 Å². The molecule has 2 N–H and O–H groups in total. The Hall–Kier alpha value is -1.26. The molecule has 0 aromatic heterocycles. The van der Waals surface area contributed by atoms with Crippen molar-refractivity contribution >= 4 is 0 Å². The second-order valence-corrected chi connectivity index (χ2v) is 10.5. The molecule has 0 heterocycles. The number of hydrogen-bond donors (Lipinski definition) is 2. The van der Waals surface area contributed by atoms with Gasteiger partial charge in [0.15, 0.2) is 17.8 Å².